The highest BCUT2D eigenvalue weighted by atomic mass is 19.4. The van der Waals surface area contributed by atoms with E-state index in [0.29, 0.717) is 30.7 Å². The number of hydrogen-bond donors (Lipinski definition) is 1. The number of benzene rings is 3. The molecule has 3 aromatic carbocycles. The van der Waals surface area contributed by atoms with Crippen molar-refractivity contribution < 1.29 is 50.1 Å². The molecule has 0 aromatic heterocycles. The highest BCUT2D eigenvalue weighted by Crippen LogP contribution is 2.39. The van der Waals surface area contributed by atoms with Gasteiger partial charge in [-0.3, -0.25) is 9.69 Å². The van der Waals surface area contributed by atoms with Crippen LogP contribution in [0.4, 0.5) is 30.7 Å². The van der Waals surface area contributed by atoms with Crippen molar-refractivity contribution in [3.05, 3.63) is 89.2 Å². The monoisotopic (exact) mass is 545 g/mol. The van der Waals surface area contributed by atoms with Crippen LogP contribution in [0, 0.1) is 5.82 Å². The third kappa shape index (κ3) is 8.37. The first kappa shape index (κ1) is 28.8. The molecule has 12 heteroatoms. The maximum absolute atomic E-state index is 13.4. The maximum atomic E-state index is 13.4. The Hall–Kier alpha value is -3.80. The number of carboxylic acid groups (broad SMARTS) is 1. The number of hydrogen-bond acceptors (Lipinski definition) is 4. The second-order valence-electron chi connectivity index (χ2n) is 8.39. The summed E-state index contributed by atoms with van der Waals surface area (Å²) in [7, 11) is 1.61. The summed E-state index contributed by atoms with van der Waals surface area (Å²) in [5.41, 5.74) is -2.39. The van der Waals surface area contributed by atoms with Crippen molar-refractivity contribution in [1.29, 1.82) is 0 Å². The lowest BCUT2D eigenvalue weighted by Gasteiger charge is -2.23. The van der Waals surface area contributed by atoms with Crippen LogP contribution in [-0.4, -0.2) is 36.1 Å². The van der Waals surface area contributed by atoms with Crippen LogP contribution in [0.5, 0.6) is 17.2 Å². The molecular formula is C26H22F7NO4. The van der Waals surface area contributed by atoms with Gasteiger partial charge in [0.25, 0.3) is 0 Å². The summed E-state index contributed by atoms with van der Waals surface area (Å²) in [6.07, 6.45) is -10.3. The van der Waals surface area contributed by atoms with E-state index in [9.17, 15) is 35.5 Å². The second-order valence-corrected chi connectivity index (χ2v) is 8.39. The van der Waals surface area contributed by atoms with Gasteiger partial charge in [0, 0.05) is 13.0 Å². The number of carbonyl (C=O) groups is 1. The van der Waals surface area contributed by atoms with Gasteiger partial charge in [-0.25, -0.2) is 4.39 Å². The Bertz CT molecular complexity index is 1190. The van der Waals surface area contributed by atoms with Gasteiger partial charge in [0.05, 0.1) is 17.7 Å². The van der Waals surface area contributed by atoms with Gasteiger partial charge in [-0.2, -0.15) is 26.3 Å². The number of carboxylic acids is 1. The zero-order valence-electron chi connectivity index (χ0n) is 19.8. The molecular weight excluding hydrogens is 523 g/mol. The van der Waals surface area contributed by atoms with Crippen molar-refractivity contribution in [2.24, 2.45) is 0 Å². The van der Waals surface area contributed by atoms with Crippen molar-refractivity contribution in [2.45, 2.75) is 24.9 Å². The minimum atomic E-state index is -5.01. The molecule has 204 valence electrons. The van der Waals surface area contributed by atoms with E-state index in [-0.39, 0.29) is 24.1 Å². The molecule has 0 amide bonds. The molecule has 0 aliphatic rings. The van der Waals surface area contributed by atoms with Gasteiger partial charge in [-0.15, -0.1) is 0 Å². The van der Waals surface area contributed by atoms with Crippen LogP contribution in [0.3, 0.4) is 0 Å². The number of likely N-dealkylation sites (N-methyl/N-ethyl adjacent to an activating group) is 1. The number of nitrogens with zero attached hydrogens (tertiary/aromatic N) is 1. The Morgan fingerprint density at radius 3 is 1.87 bits per heavy atom. The number of ether oxygens (including phenoxy) is 2. The van der Waals surface area contributed by atoms with Crippen molar-refractivity contribution in [3.63, 3.8) is 0 Å². The highest BCUT2D eigenvalue weighted by molar-refractivity contribution is 5.69. The average molecular weight is 545 g/mol. The zero-order valence-corrected chi connectivity index (χ0v) is 19.8. The molecule has 0 aliphatic heterocycles. The van der Waals surface area contributed by atoms with Gasteiger partial charge in [0.1, 0.15) is 29.2 Å². The van der Waals surface area contributed by atoms with E-state index >= 15 is 0 Å². The normalized spacial score (nSPS) is 12.9. The highest BCUT2D eigenvalue weighted by Gasteiger charge is 2.37. The Labute approximate surface area is 213 Å². The van der Waals surface area contributed by atoms with E-state index in [1.165, 1.54) is 48.5 Å². The first-order chi connectivity index (χ1) is 17.7. The van der Waals surface area contributed by atoms with Gasteiger partial charge < -0.3 is 14.6 Å². The third-order valence-electron chi connectivity index (χ3n) is 5.32. The molecule has 38 heavy (non-hydrogen) atoms. The van der Waals surface area contributed by atoms with Gasteiger partial charge in [0.15, 0.2) is 0 Å². The smallest absolute Gasteiger partial charge is 0.416 e. The molecule has 0 saturated carbocycles. The first-order valence-corrected chi connectivity index (χ1v) is 11.1. The minimum Gasteiger partial charge on any atom is -0.486 e. The average Bonchev–Trinajstić information content (AvgIpc) is 2.82. The minimum absolute atomic E-state index is 0.00722. The lowest BCUT2D eigenvalue weighted by atomic mass is 10.1. The molecule has 0 heterocycles. The van der Waals surface area contributed by atoms with Gasteiger partial charge in [-0.05, 0) is 67.2 Å². The SMILES string of the molecule is CN(CCC(Oc1ccc(Oc2cc(C(F)(F)F)cc(C(F)(F)F)c2)cc1)c1ccc(F)cc1)CC(=O)O. The fraction of sp³-hybridized carbons (Fsp3) is 0.269. The molecule has 0 saturated heterocycles. The molecule has 0 radical (unpaired) electrons. The van der Waals surface area contributed by atoms with Crippen LogP contribution in [0.1, 0.15) is 29.2 Å². The van der Waals surface area contributed by atoms with E-state index in [1.807, 2.05) is 0 Å². The van der Waals surface area contributed by atoms with E-state index < -0.39 is 47.1 Å². The molecule has 3 rings (SSSR count). The Kier molecular flexibility index (Phi) is 8.87. The Morgan fingerprint density at radius 2 is 1.37 bits per heavy atom. The summed E-state index contributed by atoms with van der Waals surface area (Å²) >= 11 is 0. The molecule has 1 unspecified atom stereocenters. The summed E-state index contributed by atoms with van der Waals surface area (Å²) in [5.74, 6) is -1.87. The maximum Gasteiger partial charge on any atom is 0.416 e. The predicted octanol–water partition coefficient (Wildman–Crippen LogP) is 7.18. The molecule has 0 spiro atoms. The number of alkyl halides is 6. The molecule has 0 bridgehead atoms. The fourth-order valence-electron chi connectivity index (χ4n) is 3.49. The zero-order chi connectivity index (χ0) is 28.1. The van der Waals surface area contributed by atoms with Gasteiger partial charge in [-0.1, -0.05) is 12.1 Å². The number of halogens is 7. The largest absolute Gasteiger partial charge is 0.486 e. The molecule has 0 fully saturated rings. The summed E-state index contributed by atoms with van der Waals surface area (Å²) in [6.45, 7) is 0.125. The van der Waals surface area contributed by atoms with Gasteiger partial charge in [0.2, 0.25) is 0 Å². The summed E-state index contributed by atoms with van der Waals surface area (Å²) in [5, 5.41) is 8.94. The van der Waals surface area contributed by atoms with Crippen molar-refractivity contribution in [3.8, 4) is 17.2 Å². The summed E-state index contributed by atoms with van der Waals surface area (Å²) < 4.78 is 103. The molecule has 3 aromatic rings. The number of aliphatic carboxylic acids is 1. The summed E-state index contributed by atoms with van der Waals surface area (Å²) in [4.78, 5) is 12.5. The van der Waals surface area contributed by atoms with Crippen molar-refractivity contribution in [2.75, 3.05) is 20.1 Å². The first-order valence-electron chi connectivity index (χ1n) is 11.1. The standard InChI is InChI=1S/C26H22F7NO4/c1-34(15-24(35)36)11-10-23(16-2-4-19(27)5-3-16)38-21-8-6-20(7-9-21)37-22-13-17(25(28,29)30)12-18(14-22)26(31,32)33/h2-9,12-14,23H,10-11,15H2,1H3,(H,35,36). The third-order valence-corrected chi connectivity index (χ3v) is 5.32. The predicted molar refractivity (Wildman–Crippen MR) is 122 cm³/mol. The van der Waals surface area contributed by atoms with E-state index in [2.05, 4.69) is 0 Å². The van der Waals surface area contributed by atoms with E-state index in [1.54, 1.807) is 11.9 Å². The Balaban J connectivity index is 1.78. The van der Waals surface area contributed by atoms with Crippen LogP contribution in [0.2, 0.25) is 0 Å². The van der Waals surface area contributed by atoms with Crippen molar-refractivity contribution in [1.82, 2.24) is 4.90 Å². The lowest BCUT2D eigenvalue weighted by molar-refractivity contribution is -0.143. The van der Waals surface area contributed by atoms with Crippen LogP contribution >= 0.6 is 0 Å². The van der Waals surface area contributed by atoms with Crippen molar-refractivity contribution >= 4 is 5.97 Å². The second kappa shape index (κ2) is 11.7. The fourth-order valence-corrected chi connectivity index (χ4v) is 3.49. The van der Waals surface area contributed by atoms with Crippen LogP contribution < -0.4 is 9.47 Å². The Morgan fingerprint density at radius 1 is 0.842 bits per heavy atom. The van der Waals surface area contributed by atoms with Crippen LogP contribution in [-0.2, 0) is 17.1 Å². The van der Waals surface area contributed by atoms with Crippen LogP contribution in [0.25, 0.3) is 0 Å². The molecule has 5 nitrogen and oxygen atoms in total. The lowest BCUT2D eigenvalue weighted by Crippen LogP contribution is -2.28. The molecule has 0 aliphatic carbocycles. The summed E-state index contributed by atoms with van der Waals surface area (Å²) in [6, 6.07) is 11.9. The van der Waals surface area contributed by atoms with Crippen LogP contribution in [0.15, 0.2) is 66.7 Å². The molecule has 1 N–H and O–H groups in total. The quantitative estimate of drug-likeness (QED) is 0.274. The molecule has 1 atom stereocenters. The van der Waals surface area contributed by atoms with E-state index in [0.717, 1.165) is 0 Å². The van der Waals surface area contributed by atoms with E-state index in [4.69, 9.17) is 14.6 Å². The number of rotatable bonds is 10. The topological polar surface area (TPSA) is 59.0 Å². The van der Waals surface area contributed by atoms with Gasteiger partial charge >= 0.3 is 18.3 Å².